The van der Waals surface area contributed by atoms with E-state index in [-0.39, 0.29) is 18.4 Å². The fourth-order valence-electron chi connectivity index (χ4n) is 4.06. The second kappa shape index (κ2) is 9.38. The number of esters is 1. The molecule has 0 unspecified atom stereocenters. The van der Waals surface area contributed by atoms with E-state index >= 15 is 0 Å². The number of aryl methyl sites for hydroxylation is 1. The number of anilines is 1. The molecule has 0 fully saturated rings. The maximum absolute atomic E-state index is 13.0. The van der Waals surface area contributed by atoms with Gasteiger partial charge in [0.2, 0.25) is 0 Å². The number of ether oxygens (including phenoxy) is 2. The summed E-state index contributed by atoms with van der Waals surface area (Å²) in [6.07, 6.45) is 0.962. The number of benzene rings is 2. The molecule has 0 saturated carbocycles. The number of amides is 1. The third kappa shape index (κ3) is 4.57. The number of aromatic nitrogens is 1. The van der Waals surface area contributed by atoms with Gasteiger partial charge in [-0.05, 0) is 50.1 Å². The molecule has 35 heavy (non-hydrogen) atoms. The molecule has 1 amide bonds. The molecule has 2 aromatic heterocycles. The van der Waals surface area contributed by atoms with E-state index in [2.05, 4.69) is 10.5 Å². The van der Waals surface area contributed by atoms with Gasteiger partial charge in [-0.2, -0.15) is 0 Å². The van der Waals surface area contributed by atoms with Gasteiger partial charge in [-0.3, -0.25) is 4.79 Å². The molecular formula is C27H24N2O5S. The minimum absolute atomic E-state index is 0.116. The molecule has 0 saturated heterocycles. The van der Waals surface area contributed by atoms with Crippen molar-refractivity contribution in [3.05, 3.63) is 76.3 Å². The highest BCUT2D eigenvalue weighted by molar-refractivity contribution is 7.15. The highest BCUT2D eigenvalue weighted by Gasteiger charge is 2.25. The summed E-state index contributed by atoms with van der Waals surface area (Å²) in [5.74, 6) is 0.387. The first-order valence-electron chi connectivity index (χ1n) is 11.4. The number of hydrogen-bond donors (Lipinski definition) is 1. The molecule has 3 heterocycles. The third-order valence-corrected chi connectivity index (χ3v) is 6.68. The van der Waals surface area contributed by atoms with E-state index in [1.807, 2.05) is 61.7 Å². The van der Waals surface area contributed by atoms with Crippen LogP contribution in [-0.2, 0) is 11.2 Å². The molecule has 0 aliphatic carbocycles. The van der Waals surface area contributed by atoms with Gasteiger partial charge in [0.15, 0.2) is 11.5 Å². The molecule has 0 bridgehead atoms. The molecule has 2 aromatic carbocycles. The van der Waals surface area contributed by atoms with Crippen LogP contribution in [0.15, 0.2) is 58.4 Å². The van der Waals surface area contributed by atoms with Crippen LogP contribution in [0.5, 0.6) is 5.75 Å². The van der Waals surface area contributed by atoms with Crippen LogP contribution >= 0.6 is 11.3 Å². The minimum atomic E-state index is -0.491. The van der Waals surface area contributed by atoms with Crippen LogP contribution in [-0.4, -0.2) is 29.7 Å². The second-order valence-corrected chi connectivity index (χ2v) is 9.31. The van der Waals surface area contributed by atoms with Gasteiger partial charge < -0.3 is 19.3 Å². The SMILES string of the molecule is CCOC(=O)c1c(-c2ccc(C)cc2)csc1NC(=O)c1cc(-c2ccc3c(c2)C[C@@H](C)O3)on1. The first-order valence-corrected chi connectivity index (χ1v) is 12.2. The van der Waals surface area contributed by atoms with Crippen LogP contribution in [0, 0.1) is 6.92 Å². The Morgan fingerprint density at radius 1 is 1.14 bits per heavy atom. The Bertz CT molecular complexity index is 1400. The summed E-state index contributed by atoms with van der Waals surface area (Å²) >= 11 is 1.26. The molecule has 1 aliphatic rings. The first-order chi connectivity index (χ1) is 16.9. The van der Waals surface area contributed by atoms with Crippen molar-refractivity contribution in [1.29, 1.82) is 0 Å². The van der Waals surface area contributed by atoms with Crippen LogP contribution in [0.4, 0.5) is 5.00 Å². The quantitative estimate of drug-likeness (QED) is 0.328. The van der Waals surface area contributed by atoms with Crippen molar-refractivity contribution in [2.24, 2.45) is 0 Å². The lowest BCUT2D eigenvalue weighted by Crippen LogP contribution is -2.15. The summed E-state index contributed by atoms with van der Waals surface area (Å²) in [7, 11) is 0. The van der Waals surface area contributed by atoms with Gasteiger partial charge in [-0.15, -0.1) is 11.3 Å². The summed E-state index contributed by atoms with van der Waals surface area (Å²) in [4.78, 5) is 25.8. The standard InChI is InChI=1S/C27H24N2O5S/c1-4-32-27(31)24-20(17-7-5-15(2)6-8-17)14-35-26(24)28-25(30)21-13-23(34-29-21)18-9-10-22-19(12-18)11-16(3)33-22/h5-10,12-14,16H,4,11H2,1-3H3,(H,28,30)/t16-/m1/s1. The maximum atomic E-state index is 13.0. The van der Waals surface area contributed by atoms with E-state index in [9.17, 15) is 9.59 Å². The Morgan fingerprint density at radius 2 is 1.91 bits per heavy atom. The van der Waals surface area contributed by atoms with E-state index in [1.165, 1.54) is 11.3 Å². The molecule has 0 radical (unpaired) electrons. The smallest absolute Gasteiger partial charge is 0.341 e. The molecule has 178 valence electrons. The Kier molecular flexibility index (Phi) is 6.13. The number of fused-ring (bicyclic) bond motifs is 1. The maximum Gasteiger partial charge on any atom is 0.341 e. The van der Waals surface area contributed by atoms with Crippen LogP contribution in [0.3, 0.4) is 0 Å². The lowest BCUT2D eigenvalue weighted by molar-refractivity contribution is 0.0529. The highest BCUT2D eigenvalue weighted by atomic mass is 32.1. The van der Waals surface area contributed by atoms with Gasteiger partial charge in [0.1, 0.15) is 22.4 Å². The average molecular weight is 489 g/mol. The van der Waals surface area contributed by atoms with E-state index in [0.717, 1.165) is 34.4 Å². The van der Waals surface area contributed by atoms with Crippen molar-refractivity contribution in [2.45, 2.75) is 33.3 Å². The van der Waals surface area contributed by atoms with E-state index < -0.39 is 11.9 Å². The molecule has 1 aliphatic heterocycles. The molecule has 7 nitrogen and oxygen atoms in total. The van der Waals surface area contributed by atoms with Crippen LogP contribution in [0.1, 0.15) is 45.8 Å². The third-order valence-electron chi connectivity index (χ3n) is 5.78. The number of nitrogens with zero attached hydrogens (tertiary/aromatic N) is 1. The molecule has 4 aromatic rings. The van der Waals surface area contributed by atoms with E-state index in [1.54, 1.807) is 13.0 Å². The van der Waals surface area contributed by atoms with Crippen molar-refractivity contribution >= 4 is 28.2 Å². The van der Waals surface area contributed by atoms with Gasteiger partial charge in [-0.1, -0.05) is 35.0 Å². The molecule has 1 N–H and O–H groups in total. The van der Waals surface area contributed by atoms with Crippen molar-refractivity contribution in [1.82, 2.24) is 5.16 Å². The predicted octanol–water partition coefficient (Wildman–Crippen LogP) is 6.13. The van der Waals surface area contributed by atoms with E-state index in [4.69, 9.17) is 14.0 Å². The number of carbonyl (C=O) groups is 2. The van der Waals surface area contributed by atoms with Crippen molar-refractivity contribution < 1.29 is 23.6 Å². The summed E-state index contributed by atoms with van der Waals surface area (Å²) in [6.45, 7) is 6.00. The van der Waals surface area contributed by atoms with Gasteiger partial charge >= 0.3 is 5.97 Å². The number of hydrogen-bond acceptors (Lipinski definition) is 7. The first kappa shape index (κ1) is 22.9. The molecule has 5 rings (SSSR count). The summed E-state index contributed by atoms with van der Waals surface area (Å²) in [5.41, 5.74) is 5.04. The highest BCUT2D eigenvalue weighted by Crippen LogP contribution is 2.37. The normalized spacial score (nSPS) is 14.3. The number of rotatable bonds is 6. The zero-order valence-electron chi connectivity index (χ0n) is 19.6. The molecular weight excluding hydrogens is 464 g/mol. The molecule has 1 atom stereocenters. The average Bonchev–Trinajstić information content (AvgIpc) is 3.57. The fraction of sp³-hybridized carbons (Fsp3) is 0.222. The van der Waals surface area contributed by atoms with Crippen molar-refractivity contribution in [2.75, 3.05) is 11.9 Å². The topological polar surface area (TPSA) is 90.7 Å². The summed E-state index contributed by atoms with van der Waals surface area (Å²) in [6, 6.07) is 15.2. The Labute approximate surface area is 206 Å². The van der Waals surface area contributed by atoms with Gasteiger partial charge in [-0.25, -0.2) is 4.79 Å². The molecule has 8 heteroatoms. The fourth-order valence-corrected chi connectivity index (χ4v) is 5.01. The van der Waals surface area contributed by atoms with Crippen molar-refractivity contribution in [3.8, 4) is 28.2 Å². The summed E-state index contributed by atoms with van der Waals surface area (Å²) in [5, 5.41) is 9.01. The van der Waals surface area contributed by atoms with E-state index in [0.29, 0.717) is 21.9 Å². The second-order valence-electron chi connectivity index (χ2n) is 8.43. The Hall–Kier alpha value is -3.91. The zero-order valence-corrected chi connectivity index (χ0v) is 20.4. The van der Waals surface area contributed by atoms with Crippen LogP contribution in [0.25, 0.3) is 22.5 Å². The zero-order chi connectivity index (χ0) is 24.5. The van der Waals surface area contributed by atoms with Gasteiger partial charge in [0, 0.05) is 29.0 Å². The predicted molar refractivity (Wildman–Crippen MR) is 134 cm³/mol. The monoisotopic (exact) mass is 488 g/mol. The number of thiophene rings is 1. The van der Waals surface area contributed by atoms with Crippen molar-refractivity contribution in [3.63, 3.8) is 0 Å². The summed E-state index contributed by atoms with van der Waals surface area (Å²) < 4.78 is 16.5. The minimum Gasteiger partial charge on any atom is -0.490 e. The number of carbonyl (C=O) groups excluding carboxylic acids is 2. The van der Waals surface area contributed by atoms with Gasteiger partial charge in [0.25, 0.3) is 5.91 Å². The Balaban J connectivity index is 1.40. The Morgan fingerprint density at radius 3 is 2.69 bits per heavy atom. The molecule has 0 spiro atoms. The number of nitrogens with one attached hydrogen (secondary N) is 1. The van der Waals surface area contributed by atoms with Gasteiger partial charge in [0.05, 0.1) is 6.61 Å². The lowest BCUT2D eigenvalue weighted by Gasteiger charge is -2.08. The lowest BCUT2D eigenvalue weighted by atomic mass is 10.0. The van der Waals surface area contributed by atoms with Crippen LogP contribution in [0.2, 0.25) is 0 Å². The van der Waals surface area contributed by atoms with Crippen LogP contribution < -0.4 is 10.1 Å². The largest absolute Gasteiger partial charge is 0.490 e.